The number of anilines is 1. The fourth-order valence-electron chi connectivity index (χ4n) is 8.63. The molecule has 0 radical (unpaired) electrons. The van der Waals surface area contributed by atoms with Gasteiger partial charge in [-0.15, -0.1) is 0 Å². The predicted molar refractivity (Wildman–Crippen MR) is 311 cm³/mol. The Hall–Kier alpha value is -5.81. The first kappa shape index (κ1) is 54.5. The molecular weight excluding hydrogens is 1110 g/mol. The van der Waals surface area contributed by atoms with Gasteiger partial charge >= 0.3 is 35.0 Å². The van der Waals surface area contributed by atoms with Crippen LogP contribution in [0, 0.1) is 5.92 Å². The van der Waals surface area contributed by atoms with Gasteiger partial charge in [0.05, 0.1) is 16.2 Å². The van der Waals surface area contributed by atoms with Crippen molar-refractivity contribution in [3.8, 4) is 22.6 Å². The molecular formula is C61H56Cl2N4O3P2PdS. The number of nitrogens with one attached hydrogen (secondary N) is 1. The quantitative estimate of drug-likeness (QED) is 0.0926. The average molecular weight is 1160 g/mol. The molecule has 0 atom stereocenters. The Morgan fingerprint density at radius 1 is 0.554 bits per heavy atom. The Morgan fingerprint density at radius 2 is 0.973 bits per heavy atom. The first-order valence-electron chi connectivity index (χ1n) is 24.2. The van der Waals surface area contributed by atoms with Crippen LogP contribution in [0.2, 0.25) is 0 Å². The molecule has 1 fully saturated rings. The van der Waals surface area contributed by atoms with Gasteiger partial charge in [-0.1, -0.05) is 206 Å². The minimum absolute atomic E-state index is 0.106. The Kier molecular flexibility index (Phi) is 20.7. The number of para-hydroxylation sites is 2. The van der Waals surface area contributed by atoms with Gasteiger partial charge in [-0.25, -0.2) is 18.4 Å². The van der Waals surface area contributed by atoms with Gasteiger partial charge in [0.1, 0.15) is 11.3 Å². The van der Waals surface area contributed by atoms with E-state index in [1.807, 2.05) is 36.4 Å². The van der Waals surface area contributed by atoms with Crippen molar-refractivity contribution >= 4 is 93.5 Å². The summed E-state index contributed by atoms with van der Waals surface area (Å²) in [5.74, 6) is 1.31. The number of nitrogen functional groups attached to an aromatic ring is 1. The van der Waals surface area contributed by atoms with Crippen LogP contribution in [0.5, 0.6) is 0 Å². The molecule has 1 aliphatic rings. The maximum atomic E-state index is 13.0. The molecule has 3 heterocycles. The summed E-state index contributed by atoms with van der Waals surface area (Å²) in [6, 6.07) is 81.0. The number of pyridine rings is 1. The fraction of sp³-hybridized carbons (Fsp3) is 0.115. The van der Waals surface area contributed by atoms with Crippen LogP contribution in [0.3, 0.4) is 0 Å². The molecule has 8 aromatic carbocycles. The molecule has 0 unspecified atom stereocenters. The number of aromatic nitrogens is 2. The van der Waals surface area contributed by atoms with Crippen LogP contribution in [-0.2, 0) is 25.8 Å². The monoisotopic (exact) mass is 1160 g/mol. The van der Waals surface area contributed by atoms with E-state index in [1.54, 1.807) is 24.4 Å². The van der Waals surface area contributed by atoms with Crippen LogP contribution < -0.4 is 42.9 Å². The zero-order chi connectivity index (χ0) is 51.4. The van der Waals surface area contributed by atoms with Crippen LogP contribution in [-0.4, -0.2) is 37.2 Å². The van der Waals surface area contributed by atoms with Crippen LogP contribution >= 0.6 is 34.9 Å². The second-order valence-electron chi connectivity index (χ2n) is 17.2. The van der Waals surface area contributed by atoms with Gasteiger partial charge in [0.15, 0.2) is 15.4 Å². The van der Waals surface area contributed by atoms with Crippen molar-refractivity contribution in [3.63, 3.8) is 0 Å². The molecule has 2 aromatic heterocycles. The van der Waals surface area contributed by atoms with E-state index < -0.39 is 25.7 Å². The van der Waals surface area contributed by atoms with Gasteiger partial charge in [-0.2, -0.15) is 0 Å². The summed E-state index contributed by atoms with van der Waals surface area (Å²) in [6.45, 7) is 1.93. The fourth-order valence-corrected chi connectivity index (χ4v) is 14.7. The van der Waals surface area contributed by atoms with Crippen LogP contribution in [0.4, 0.5) is 5.82 Å². The third kappa shape index (κ3) is 15.2. The molecule has 1 aliphatic heterocycles. The first-order chi connectivity index (χ1) is 36.3. The molecule has 0 bridgehead atoms. The Balaban J connectivity index is 0.000000152. The first-order valence-corrected chi connectivity index (χ1v) is 32.5. The molecule has 0 saturated carbocycles. The molecule has 0 aliphatic carbocycles. The van der Waals surface area contributed by atoms with E-state index in [-0.39, 0.29) is 21.7 Å². The topological polar surface area (TPSA) is 111 Å². The zero-order valence-corrected chi connectivity index (χ0v) is 46.2. The van der Waals surface area contributed by atoms with Gasteiger partial charge in [-0.05, 0) is 122 Å². The third-order valence-corrected chi connectivity index (χ3v) is 18.9. The summed E-state index contributed by atoms with van der Waals surface area (Å²) in [7, 11) is 5.36. The maximum absolute atomic E-state index is 13.0. The number of nitrogens with zero attached hydrogens (tertiary/aromatic N) is 2. The predicted octanol–water partition coefficient (Wildman–Crippen LogP) is 12.6. The third-order valence-electron chi connectivity index (χ3n) is 12.3. The summed E-state index contributed by atoms with van der Waals surface area (Å²) in [4.78, 5) is 9.16. The smallest absolute Gasteiger partial charge is 0.0134 e. The van der Waals surface area contributed by atoms with E-state index in [0.717, 1.165) is 42.6 Å². The number of hydrogen-bond acceptors (Lipinski definition) is 7. The molecule has 3 N–H and O–H groups in total. The van der Waals surface area contributed by atoms with Crippen molar-refractivity contribution in [2.45, 2.75) is 24.2 Å². The summed E-state index contributed by atoms with van der Waals surface area (Å²) >= 11 is -0.106. The van der Waals surface area contributed by atoms with E-state index in [0.29, 0.717) is 40.1 Å². The number of sulfone groups is 1. The van der Waals surface area contributed by atoms with Crippen molar-refractivity contribution in [1.29, 1.82) is 0 Å². The number of fused-ring (bicyclic) bond motifs is 1. The van der Waals surface area contributed by atoms with Crippen molar-refractivity contribution in [2.24, 2.45) is 5.92 Å². The molecule has 13 heteroatoms. The zero-order valence-electron chi connectivity index (χ0n) is 40.5. The Morgan fingerprint density at radius 3 is 1.41 bits per heavy atom. The van der Waals surface area contributed by atoms with Crippen molar-refractivity contribution < 1.29 is 28.8 Å². The van der Waals surface area contributed by atoms with Gasteiger partial charge in [0.2, 0.25) is 5.89 Å². The summed E-state index contributed by atoms with van der Waals surface area (Å²) in [5.41, 5.74) is 9.59. The second kappa shape index (κ2) is 28.2. The number of piperidine rings is 1. The number of hydrogen-bond donors (Lipinski definition) is 2. The summed E-state index contributed by atoms with van der Waals surface area (Å²) in [6.07, 6.45) is 4.40. The van der Waals surface area contributed by atoms with E-state index in [2.05, 4.69) is 197 Å². The minimum Gasteiger partial charge on any atom is -0.0622 e. The number of halogens is 2. The molecule has 11 rings (SSSR count). The standard InChI is InChI=1S/C25H26N4O3S.2C18H15P.2ClH.Pd/c26-24-21(25-29-22-6-1-2-7-23(22)32-25)15-19(16-28-24)18-4-3-5-20(14-18)33(30,31)13-10-17-8-11-27-12-9-17;2*1-4-10-16(11-5-1)19(17-12-6-2-7-13-17)18-14-8-3-9-15-18;;;/h1-7,14-17,27H,8-13H2,(H2,26,28);2*1-15H;2*1H;/q;;;;;+2/p-2. The SMILES string of the molecule is Nc1ncc(-c2cccc(S(=O)(=O)CCC3CCNCC3)c2)cc1-c1nc2ccccc2o1.[Cl][Pd][Cl].c1ccc(P(c2ccccc2)c2ccccc2)cc1.c1ccc(P(c2ccccc2)c2ccccc2)cc1. The maximum Gasteiger partial charge on any atom is -0.0134 e. The number of oxazole rings is 1. The van der Waals surface area contributed by atoms with Gasteiger partial charge in [0, 0.05) is 11.8 Å². The van der Waals surface area contributed by atoms with Crippen molar-refractivity contribution in [1.82, 2.24) is 15.3 Å². The van der Waals surface area contributed by atoms with Gasteiger partial charge in [0.25, 0.3) is 0 Å². The molecule has 7 nitrogen and oxygen atoms in total. The van der Waals surface area contributed by atoms with E-state index in [9.17, 15) is 8.42 Å². The molecule has 1 saturated heterocycles. The van der Waals surface area contributed by atoms with Gasteiger partial charge < -0.3 is 15.5 Å². The van der Waals surface area contributed by atoms with E-state index >= 15 is 0 Å². The Labute approximate surface area is 454 Å². The molecule has 0 spiro atoms. The summed E-state index contributed by atoms with van der Waals surface area (Å²) < 4.78 is 31.9. The Bertz CT molecular complexity index is 3030. The van der Waals surface area contributed by atoms with Crippen LogP contribution in [0.1, 0.15) is 19.3 Å². The molecule has 378 valence electrons. The molecule has 10 aromatic rings. The molecule has 74 heavy (non-hydrogen) atoms. The van der Waals surface area contributed by atoms with E-state index in [1.165, 1.54) is 31.8 Å². The molecule has 0 amide bonds. The van der Waals surface area contributed by atoms with Crippen molar-refractivity contribution in [3.05, 3.63) is 243 Å². The average Bonchev–Trinajstić information content (AvgIpc) is 3.90. The normalized spacial score (nSPS) is 12.5. The largest absolute Gasteiger partial charge is 0.0622 e. The number of benzene rings is 8. The second-order valence-corrected chi connectivity index (χ2v) is 26.1. The number of rotatable bonds is 12. The van der Waals surface area contributed by atoms with Crippen LogP contribution in [0.15, 0.2) is 252 Å². The van der Waals surface area contributed by atoms with E-state index in [4.69, 9.17) is 29.2 Å². The van der Waals surface area contributed by atoms with Gasteiger partial charge in [-0.3, -0.25) is 0 Å². The van der Waals surface area contributed by atoms with Crippen molar-refractivity contribution in [2.75, 3.05) is 24.6 Å². The summed E-state index contributed by atoms with van der Waals surface area (Å²) in [5, 5.41) is 11.7. The number of nitrogens with two attached hydrogens (primary N) is 1. The van der Waals surface area contributed by atoms with Crippen LogP contribution in [0.25, 0.3) is 33.7 Å². The minimum atomic E-state index is -3.37.